The number of carbonyl (C=O) groups excluding carboxylic acids is 3. The lowest BCUT2D eigenvalue weighted by Gasteiger charge is -2.56. The highest BCUT2D eigenvalue weighted by molar-refractivity contribution is 5.91. The van der Waals surface area contributed by atoms with Gasteiger partial charge < -0.3 is 14.2 Å². The fourth-order valence-electron chi connectivity index (χ4n) is 5.93. The molecule has 0 bridgehead atoms. The summed E-state index contributed by atoms with van der Waals surface area (Å²) in [7, 11) is 1.39. The Labute approximate surface area is 187 Å². The molecule has 0 saturated heterocycles. The monoisotopic (exact) mass is 436 g/mol. The zero-order chi connectivity index (χ0) is 23.4. The Morgan fingerprint density at radius 3 is 2.32 bits per heavy atom. The van der Waals surface area contributed by atoms with E-state index in [2.05, 4.69) is 27.7 Å². The van der Waals surface area contributed by atoms with Crippen LogP contribution in [-0.4, -0.2) is 37.7 Å². The molecule has 176 valence electrons. The van der Waals surface area contributed by atoms with Gasteiger partial charge in [0.25, 0.3) is 0 Å². The lowest BCUT2D eigenvalue weighted by molar-refractivity contribution is -0.151. The van der Waals surface area contributed by atoms with E-state index in [1.165, 1.54) is 21.0 Å². The molecule has 0 radical (unpaired) electrons. The maximum Gasteiger partial charge on any atom is 0.337 e. The van der Waals surface area contributed by atoms with E-state index in [0.29, 0.717) is 30.4 Å². The van der Waals surface area contributed by atoms with Gasteiger partial charge in [0, 0.05) is 13.8 Å². The third-order valence-electron chi connectivity index (χ3n) is 7.53. The molecular formula is C25H40O6. The number of ether oxygens (including phenoxy) is 3. The average molecular weight is 437 g/mol. The van der Waals surface area contributed by atoms with E-state index in [9.17, 15) is 14.4 Å². The molecule has 0 N–H and O–H groups in total. The molecule has 6 heteroatoms. The fourth-order valence-corrected chi connectivity index (χ4v) is 5.93. The van der Waals surface area contributed by atoms with Crippen LogP contribution < -0.4 is 0 Å². The van der Waals surface area contributed by atoms with E-state index in [-0.39, 0.29) is 22.8 Å². The van der Waals surface area contributed by atoms with Gasteiger partial charge >= 0.3 is 17.9 Å². The van der Waals surface area contributed by atoms with Crippen molar-refractivity contribution in [2.75, 3.05) is 13.7 Å². The van der Waals surface area contributed by atoms with Gasteiger partial charge in [-0.1, -0.05) is 34.1 Å². The van der Waals surface area contributed by atoms with Crippen LogP contribution in [-0.2, 0) is 28.6 Å². The molecule has 0 unspecified atom stereocenters. The highest BCUT2D eigenvalue weighted by Crippen LogP contribution is 2.61. The third-order valence-corrected chi connectivity index (χ3v) is 7.53. The number of allylic oxidation sites excluding steroid dienone is 1. The summed E-state index contributed by atoms with van der Waals surface area (Å²) < 4.78 is 15.9. The number of esters is 3. The number of hydrogen-bond donors (Lipinski definition) is 0. The second kappa shape index (κ2) is 10.2. The first-order valence-electron chi connectivity index (χ1n) is 11.5. The molecule has 0 amide bonds. The molecule has 6 nitrogen and oxygen atoms in total. The lowest BCUT2D eigenvalue weighted by atomic mass is 9.49. The summed E-state index contributed by atoms with van der Waals surface area (Å²) in [6.07, 6.45) is 5.73. The predicted octanol–water partition coefficient (Wildman–Crippen LogP) is 4.99. The molecule has 0 aromatic carbocycles. The van der Waals surface area contributed by atoms with Crippen LogP contribution in [0.4, 0.5) is 0 Å². The normalized spacial score (nSPS) is 28.4. The van der Waals surface area contributed by atoms with Crippen molar-refractivity contribution in [3.8, 4) is 0 Å². The topological polar surface area (TPSA) is 78.9 Å². The Hall–Kier alpha value is -1.85. The van der Waals surface area contributed by atoms with Crippen molar-refractivity contribution in [2.24, 2.45) is 22.7 Å². The van der Waals surface area contributed by atoms with Gasteiger partial charge in [0.05, 0.1) is 19.3 Å². The van der Waals surface area contributed by atoms with Gasteiger partial charge in [-0.05, 0) is 66.8 Å². The van der Waals surface area contributed by atoms with Crippen LogP contribution in [0.1, 0.15) is 86.5 Å². The highest BCUT2D eigenvalue weighted by Gasteiger charge is 2.54. The van der Waals surface area contributed by atoms with Gasteiger partial charge in [0.15, 0.2) is 0 Å². The van der Waals surface area contributed by atoms with Crippen molar-refractivity contribution < 1.29 is 28.6 Å². The van der Waals surface area contributed by atoms with E-state index in [0.717, 1.165) is 44.1 Å². The molecule has 0 aromatic heterocycles. The molecule has 0 aromatic rings. The van der Waals surface area contributed by atoms with Crippen LogP contribution in [0.5, 0.6) is 0 Å². The smallest absolute Gasteiger partial charge is 0.337 e. The van der Waals surface area contributed by atoms with Crippen molar-refractivity contribution in [1.29, 1.82) is 0 Å². The van der Waals surface area contributed by atoms with Gasteiger partial charge in [0.1, 0.15) is 6.10 Å². The molecule has 2 aliphatic rings. The first-order chi connectivity index (χ1) is 14.4. The minimum atomic E-state index is -0.563. The lowest BCUT2D eigenvalue weighted by Crippen LogP contribution is -2.50. The maximum absolute atomic E-state index is 12.9. The molecule has 4 atom stereocenters. The minimum absolute atomic E-state index is 0.0965. The van der Waals surface area contributed by atoms with Crippen molar-refractivity contribution in [3.63, 3.8) is 0 Å². The second-order valence-corrected chi connectivity index (χ2v) is 10.3. The highest BCUT2D eigenvalue weighted by atomic mass is 16.6. The van der Waals surface area contributed by atoms with Gasteiger partial charge in [-0.3, -0.25) is 9.59 Å². The number of rotatable bonds is 8. The van der Waals surface area contributed by atoms with E-state index in [4.69, 9.17) is 14.2 Å². The summed E-state index contributed by atoms with van der Waals surface area (Å²) in [5.74, 6) is -0.384. The van der Waals surface area contributed by atoms with Crippen LogP contribution in [0.2, 0.25) is 0 Å². The quantitative estimate of drug-likeness (QED) is 0.394. The zero-order valence-corrected chi connectivity index (χ0v) is 20.3. The first-order valence-corrected chi connectivity index (χ1v) is 11.5. The standard InChI is InChI=1S/C25H40O6/c1-16(11-14-30-17(2)26)9-10-19-22(23(28)29-7)20(31-18(3)27)15-21-24(4,5)12-8-13-25(19,21)6/h16,20-21H,8-15H2,1-7H3/t16-,20+,21-,25+/m0/s1. The Kier molecular flexibility index (Phi) is 8.34. The number of methoxy groups -OCH3 is 1. The Morgan fingerprint density at radius 1 is 1.06 bits per heavy atom. The summed E-state index contributed by atoms with van der Waals surface area (Å²) in [5.41, 5.74) is 1.60. The third kappa shape index (κ3) is 5.89. The summed E-state index contributed by atoms with van der Waals surface area (Å²) in [5, 5.41) is 0. The van der Waals surface area contributed by atoms with Crippen LogP contribution in [0, 0.1) is 22.7 Å². The SMILES string of the molecule is COC(=O)C1=C(CC[C@H](C)CCOC(C)=O)[C@@]2(C)CCCC(C)(C)[C@@H]2C[C@H]1OC(C)=O. The van der Waals surface area contributed by atoms with Crippen molar-refractivity contribution in [3.05, 3.63) is 11.1 Å². The molecule has 31 heavy (non-hydrogen) atoms. The molecule has 0 spiro atoms. The van der Waals surface area contributed by atoms with Crippen LogP contribution in [0.15, 0.2) is 11.1 Å². The predicted molar refractivity (Wildman–Crippen MR) is 118 cm³/mol. The minimum Gasteiger partial charge on any atom is -0.466 e. The summed E-state index contributed by atoms with van der Waals surface area (Å²) in [4.78, 5) is 35.8. The maximum atomic E-state index is 12.9. The molecule has 2 aliphatic carbocycles. The molecule has 0 heterocycles. The van der Waals surface area contributed by atoms with E-state index >= 15 is 0 Å². The van der Waals surface area contributed by atoms with Crippen molar-refractivity contribution in [2.45, 2.75) is 92.6 Å². The Balaban J connectivity index is 2.40. The van der Waals surface area contributed by atoms with Crippen molar-refractivity contribution >= 4 is 17.9 Å². The Morgan fingerprint density at radius 2 is 1.74 bits per heavy atom. The molecule has 2 rings (SSSR count). The summed E-state index contributed by atoms with van der Waals surface area (Å²) >= 11 is 0. The molecular weight excluding hydrogens is 396 g/mol. The fraction of sp³-hybridized carbons (Fsp3) is 0.800. The van der Waals surface area contributed by atoms with Gasteiger partial charge in [-0.25, -0.2) is 4.79 Å². The van der Waals surface area contributed by atoms with Gasteiger partial charge in [-0.2, -0.15) is 0 Å². The number of fused-ring (bicyclic) bond motifs is 1. The number of hydrogen-bond acceptors (Lipinski definition) is 6. The Bertz CT molecular complexity index is 722. The van der Waals surface area contributed by atoms with Crippen LogP contribution in [0.25, 0.3) is 0 Å². The molecule has 1 fully saturated rings. The van der Waals surface area contributed by atoms with Gasteiger partial charge in [0.2, 0.25) is 0 Å². The summed E-state index contributed by atoms with van der Waals surface area (Å²) in [6.45, 7) is 12.2. The van der Waals surface area contributed by atoms with Crippen LogP contribution >= 0.6 is 0 Å². The van der Waals surface area contributed by atoms with E-state index < -0.39 is 12.1 Å². The van der Waals surface area contributed by atoms with Crippen molar-refractivity contribution in [1.82, 2.24) is 0 Å². The largest absolute Gasteiger partial charge is 0.466 e. The van der Waals surface area contributed by atoms with E-state index in [1.54, 1.807) is 0 Å². The zero-order valence-electron chi connectivity index (χ0n) is 20.3. The first kappa shape index (κ1) is 25.4. The molecule has 1 saturated carbocycles. The van der Waals surface area contributed by atoms with E-state index in [1.807, 2.05) is 0 Å². The second-order valence-electron chi connectivity index (χ2n) is 10.3. The van der Waals surface area contributed by atoms with Crippen LogP contribution in [0.3, 0.4) is 0 Å². The van der Waals surface area contributed by atoms with Gasteiger partial charge in [-0.15, -0.1) is 0 Å². The average Bonchev–Trinajstić information content (AvgIpc) is 2.65. The summed E-state index contributed by atoms with van der Waals surface area (Å²) in [6, 6.07) is 0. The number of carbonyl (C=O) groups is 3. The molecule has 0 aliphatic heterocycles.